The molecule has 1 aromatic rings. The number of carbonyl (C=O) groups is 1. The van der Waals surface area contributed by atoms with Gasteiger partial charge in [0.15, 0.2) is 0 Å². The summed E-state index contributed by atoms with van der Waals surface area (Å²) in [6.07, 6.45) is 3.56. The molecule has 3 heterocycles. The summed E-state index contributed by atoms with van der Waals surface area (Å²) in [7, 11) is 4.00. The monoisotopic (exact) mass is 324 g/mol. The predicted molar refractivity (Wildman–Crippen MR) is 85.8 cm³/mol. The van der Waals surface area contributed by atoms with Gasteiger partial charge in [-0.1, -0.05) is 0 Å². The molecule has 1 amide bonds. The van der Waals surface area contributed by atoms with Crippen molar-refractivity contribution in [3.05, 3.63) is 16.6 Å². The number of aromatic nitrogens is 1. The molecule has 7 heteroatoms. The molecule has 0 bridgehead atoms. The van der Waals surface area contributed by atoms with Crippen LogP contribution in [0.25, 0.3) is 0 Å². The van der Waals surface area contributed by atoms with E-state index in [1.807, 2.05) is 25.7 Å². The van der Waals surface area contributed by atoms with Crippen LogP contribution < -0.4 is 5.32 Å². The number of nitrogens with zero attached hydrogens (tertiary/aromatic N) is 3. The molecule has 0 radical (unpaired) electrons. The van der Waals surface area contributed by atoms with E-state index in [0.29, 0.717) is 12.6 Å². The van der Waals surface area contributed by atoms with Crippen LogP contribution >= 0.6 is 11.3 Å². The standard InChI is InChI=1S/C15H24N4O2S/c1-18(2)7-4-17-15(20)13-9-11-12(21-13)3-6-19(11)10-14-16-5-8-22-14/h5,8,11-13H,3-4,6-7,9-10H2,1-2H3,(H,17,20)/t11-,12-,13+/m1/s1. The summed E-state index contributed by atoms with van der Waals surface area (Å²) in [6.45, 7) is 3.42. The highest BCUT2D eigenvalue weighted by atomic mass is 32.1. The van der Waals surface area contributed by atoms with Crippen LogP contribution in [-0.2, 0) is 16.1 Å². The van der Waals surface area contributed by atoms with Crippen molar-refractivity contribution in [2.45, 2.75) is 37.6 Å². The number of nitrogens with one attached hydrogen (secondary N) is 1. The van der Waals surface area contributed by atoms with Crippen molar-refractivity contribution < 1.29 is 9.53 Å². The summed E-state index contributed by atoms with van der Waals surface area (Å²) in [4.78, 5) is 21.0. The van der Waals surface area contributed by atoms with Crippen LogP contribution in [0.15, 0.2) is 11.6 Å². The minimum atomic E-state index is -0.295. The Hall–Kier alpha value is -1.02. The van der Waals surface area contributed by atoms with Crippen LogP contribution in [0, 0.1) is 0 Å². The molecule has 122 valence electrons. The van der Waals surface area contributed by atoms with Crippen molar-refractivity contribution in [3.63, 3.8) is 0 Å². The largest absolute Gasteiger partial charge is 0.363 e. The number of fused-ring (bicyclic) bond motifs is 1. The summed E-state index contributed by atoms with van der Waals surface area (Å²) in [5, 5.41) is 6.12. The highest BCUT2D eigenvalue weighted by Gasteiger charge is 2.45. The minimum absolute atomic E-state index is 0.0328. The average Bonchev–Trinajstić information content (AvgIpc) is 3.17. The Morgan fingerprint density at radius 1 is 1.59 bits per heavy atom. The van der Waals surface area contributed by atoms with Gasteiger partial charge in [-0.3, -0.25) is 9.69 Å². The number of rotatable bonds is 6. The maximum absolute atomic E-state index is 12.2. The summed E-state index contributed by atoms with van der Waals surface area (Å²) >= 11 is 1.69. The molecule has 3 rings (SSSR count). The van der Waals surface area contributed by atoms with Gasteiger partial charge >= 0.3 is 0 Å². The fourth-order valence-corrected chi connectivity index (χ4v) is 3.86. The fourth-order valence-electron chi connectivity index (χ4n) is 3.22. The van der Waals surface area contributed by atoms with E-state index in [1.165, 1.54) is 0 Å². The molecule has 0 unspecified atom stereocenters. The molecular formula is C15H24N4O2S. The molecule has 1 aromatic heterocycles. The van der Waals surface area contributed by atoms with E-state index in [4.69, 9.17) is 4.74 Å². The topological polar surface area (TPSA) is 57.7 Å². The Balaban J connectivity index is 1.49. The zero-order valence-electron chi connectivity index (χ0n) is 13.2. The van der Waals surface area contributed by atoms with Gasteiger partial charge in [0.1, 0.15) is 11.1 Å². The fraction of sp³-hybridized carbons (Fsp3) is 0.733. The van der Waals surface area contributed by atoms with Gasteiger partial charge in [-0.05, 0) is 20.5 Å². The highest BCUT2D eigenvalue weighted by molar-refractivity contribution is 7.09. The van der Waals surface area contributed by atoms with Crippen LogP contribution in [0.1, 0.15) is 17.8 Å². The molecule has 0 aliphatic carbocycles. The molecule has 2 fully saturated rings. The van der Waals surface area contributed by atoms with Crippen LogP contribution in [-0.4, -0.2) is 72.7 Å². The van der Waals surface area contributed by atoms with Crippen LogP contribution in [0.3, 0.4) is 0 Å². The third kappa shape index (κ3) is 3.65. The summed E-state index contributed by atoms with van der Waals surface area (Å²) in [6, 6.07) is 0.355. The lowest BCUT2D eigenvalue weighted by atomic mass is 10.1. The number of hydrogen-bond donors (Lipinski definition) is 1. The third-order valence-corrected chi connectivity index (χ3v) is 5.13. The van der Waals surface area contributed by atoms with Crippen LogP contribution in [0.4, 0.5) is 0 Å². The maximum Gasteiger partial charge on any atom is 0.249 e. The quantitative estimate of drug-likeness (QED) is 0.828. The van der Waals surface area contributed by atoms with E-state index in [0.717, 1.165) is 37.5 Å². The number of likely N-dealkylation sites (tertiary alicyclic amines) is 1. The first-order valence-electron chi connectivity index (χ1n) is 7.84. The van der Waals surface area contributed by atoms with Gasteiger partial charge in [-0.25, -0.2) is 4.98 Å². The molecule has 1 N–H and O–H groups in total. The second kappa shape index (κ2) is 7.04. The van der Waals surface area contributed by atoms with Gasteiger partial charge in [-0.2, -0.15) is 0 Å². The van der Waals surface area contributed by atoms with Gasteiger partial charge in [0.05, 0.1) is 12.6 Å². The highest BCUT2D eigenvalue weighted by Crippen LogP contribution is 2.34. The van der Waals surface area contributed by atoms with Crippen molar-refractivity contribution in [1.29, 1.82) is 0 Å². The average molecular weight is 324 g/mol. The lowest BCUT2D eigenvalue weighted by molar-refractivity contribution is -0.132. The molecule has 6 nitrogen and oxygen atoms in total. The Morgan fingerprint density at radius 2 is 2.45 bits per heavy atom. The number of carbonyl (C=O) groups excluding carboxylic acids is 1. The van der Waals surface area contributed by atoms with E-state index in [1.54, 1.807) is 11.3 Å². The number of hydrogen-bond acceptors (Lipinski definition) is 6. The van der Waals surface area contributed by atoms with Crippen molar-refractivity contribution in [2.24, 2.45) is 0 Å². The zero-order valence-corrected chi connectivity index (χ0v) is 14.0. The van der Waals surface area contributed by atoms with Crippen molar-refractivity contribution >= 4 is 17.2 Å². The Morgan fingerprint density at radius 3 is 3.18 bits per heavy atom. The molecule has 3 atom stereocenters. The van der Waals surface area contributed by atoms with E-state index >= 15 is 0 Å². The zero-order chi connectivity index (χ0) is 15.5. The van der Waals surface area contributed by atoms with Crippen molar-refractivity contribution in [3.8, 4) is 0 Å². The van der Waals surface area contributed by atoms with Gasteiger partial charge in [0, 0.05) is 43.7 Å². The Bertz CT molecular complexity index is 494. The maximum atomic E-state index is 12.2. The third-order valence-electron chi connectivity index (χ3n) is 4.37. The van der Waals surface area contributed by atoms with E-state index < -0.39 is 0 Å². The second-order valence-electron chi connectivity index (χ2n) is 6.25. The van der Waals surface area contributed by atoms with Crippen LogP contribution in [0.5, 0.6) is 0 Å². The molecular weight excluding hydrogens is 300 g/mol. The molecule has 2 saturated heterocycles. The smallest absolute Gasteiger partial charge is 0.249 e. The van der Waals surface area contributed by atoms with E-state index in [-0.39, 0.29) is 18.1 Å². The predicted octanol–water partition coefficient (Wildman–Crippen LogP) is 0.553. The summed E-state index contributed by atoms with van der Waals surface area (Å²) in [5.41, 5.74) is 0. The summed E-state index contributed by atoms with van der Waals surface area (Å²) < 4.78 is 5.97. The van der Waals surface area contributed by atoms with Crippen molar-refractivity contribution in [1.82, 2.24) is 20.1 Å². The number of amides is 1. The van der Waals surface area contributed by atoms with E-state index in [9.17, 15) is 4.79 Å². The van der Waals surface area contributed by atoms with Crippen molar-refractivity contribution in [2.75, 3.05) is 33.7 Å². The molecule has 2 aliphatic rings. The summed E-state index contributed by atoms with van der Waals surface area (Å²) in [5.74, 6) is 0.0328. The van der Waals surface area contributed by atoms with Crippen LogP contribution in [0.2, 0.25) is 0 Å². The molecule has 2 aliphatic heterocycles. The SMILES string of the molecule is CN(C)CCNC(=O)[C@@H]1C[C@@H]2[C@@H](CCN2Cc2nccs2)O1. The molecule has 22 heavy (non-hydrogen) atoms. The molecule has 0 spiro atoms. The molecule has 0 saturated carbocycles. The Kier molecular flexibility index (Phi) is 5.07. The van der Waals surface area contributed by atoms with E-state index in [2.05, 4.69) is 20.1 Å². The second-order valence-corrected chi connectivity index (χ2v) is 7.22. The lowest BCUT2D eigenvalue weighted by Gasteiger charge is -2.21. The first-order valence-corrected chi connectivity index (χ1v) is 8.72. The number of thiazole rings is 1. The van der Waals surface area contributed by atoms with Gasteiger partial charge in [-0.15, -0.1) is 11.3 Å². The van der Waals surface area contributed by atoms with Gasteiger partial charge < -0.3 is 15.0 Å². The lowest BCUT2D eigenvalue weighted by Crippen LogP contribution is -2.39. The Labute approximate surface area is 135 Å². The number of likely N-dealkylation sites (N-methyl/N-ethyl adjacent to an activating group) is 1. The first-order chi connectivity index (χ1) is 10.6. The first kappa shape index (κ1) is 15.9. The van der Waals surface area contributed by atoms with Gasteiger partial charge in [0.25, 0.3) is 0 Å². The minimum Gasteiger partial charge on any atom is -0.363 e. The molecule has 0 aromatic carbocycles. The van der Waals surface area contributed by atoms with Gasteiger partial charge in [0.2, 0.25) is 5.91 Å². The number of ether oxygens (including phenoxy) is 1. The normalized spacial score (nSPS) is 28.2.